The lowest BCUT2D eigenvalue weighted by molar-refractivity contribution is 0.104. The van der Waals surface area contributed by atoms with E-state index in [4.69, 9.17) is 9.16 Å². The second kappa shape index (κ2) is 7.72. The molecule has 64 valence electrons. The molecule has 0 aromatic heterocycles. The van der Waals surface area contributed by atoms with Crippen LogP contribution in [0.5, 0.6) is 0 Å². The second-order valence-electron chi connectivity index (χ2n) is 2.15. The van der Waals surface area contributed by atoms with Gasteiger partial charge in [0.15, 0.2) is 0 Å². The molecule has 0 spiro atoms. The van der Waals surface area contributed by atoms with Gasteiger partial charge in [0.05, 0.1) is 6.10 Å². The van der Waals surface area contributed by atoms with Crippen molar-refractivity contribution < 1.29 is 9.16 Å². The van der Waals surface area contributed by atoms with Crippen molar-refractivity contribution in [3.8, 4) is 0 Å². The molecular weight excluding hydrogens is 156 g/mol. The normalized spacial score (nSPS) is 10.3. The lowest BCUT2D eigenvalue weighted by atomic mass is 10.3. The highest BCUT2D eigenvalue weighted by molar-refractivity contribution is 5.97. The molecule has 0 aliphatic heterocycles. The third kappa shape index (κ3) is 6.03. The van der Waals surface area contributed by atoms with Crippen LogP contribution >= 0.6 is 0 Å². The minimum absolute atomic E-state index is 0.0101. The lowest BCUT2D eigenvalue weighted by Crippen LogP contribution is -2.08. The summed E-state index contributed by atoms with van der Waals surface area (Å²) >= 11 is 0. The molecule has 3 heteroatoms. The Morgan fingerprint density at radius 1 is 1.27 bits per heavy atom. The average molecular weight is 172 g/mol. The molecule has 0 aromatic rings. The van der Waals surface area contributed by atoms with Crippen molar-refractivity contribution >= 4 is 10.5 Å². The summed E-state index contributed by atoms with van der Waals surface area (Å²) in [6, 6.07) is 0. The van der Waals surface area contributed by atoms with E-state index < -0.39 is 0 Å². The summed E-state index contributed by atoms with van der Waals surface area (Å²) in [5, 5.41) is 0. The Morgan fingerprint density at radius 2 is 1.91 bits per heavy atom. The fourth-order valence-corrected chi connectivity index (χ4v) is 0.944. The van der Waals surface area contributed by atoms with Crippen molar-refractivity contribution in [1.82, 2.24) is 0 Å². The zero-order chi connectivity index (χ0) is 8.53. The van der Waals surface area contributed by atoms with Gasteiger partial charge in [0.25, 0.3) is 0 Å². The van der Waals surface area contributed by atoms with E-state index in [0.29, 0.717) is 6.61 Å². The predicted molar refractivity (Wildman–Crippen MR) is 50.6 cm³/mol. The zero-order valence-corrected chi connectivity index (χ0v) is 9.08. The van der Waals surface area contributed by atoms with E-state index >= 15 is 0 Å². The Balaban J connectivity index is 3.21. The summed E-state index contributed by atoms with van der Waals surface area (Å²) in [5.74, 6) is 0. The maximum Gasteiger partial charge on any atom is 0.145 e. The van der Waals surface area contributed by atoms with Crippen molar-refractivity contribution in [2.45, 2.75) is 12.5 Å². The molecule has 0 aliphatic rings. The molecule has 0 heterocycles. The molecule has 2 nitrogen and oxygen atoms in total. The zero-order valence-electron chi connectivity index (χ0n) is 7.08. The summed E-state index contributed by atoms with van der Waals surface area (Å²) < 4.78 is 10.3. The van der Waals surface area contributed by atoms with Crippen molar-refractivity contribution in [1.29, 1.82) is 0 Å². The Bertz CT molecular complexity index is 107. The molecule has 0 rings (SSSR count). The Labute approximate surface area is 71.4 Å². The summed E-state index contributed by atoms with van der Waals surface area (Å²) in [4.78, 5) is 0. The molecule has 0 bridgehead atoms. The van der Waals surface area contributed by atoms with Crippen LogP contribution in [0, 0.1) is 0 Å². The molecule has 0 saturated carbocycles. The Kier molecular flexibility index (Phi) is 7.45. The molecule has 0 N–H and O–H groups in total. The standard InChI is InChI=1S/C8H16O2Si/c1-3-8(4-2)9-6-5-7-10-11/h3-4,8H,1-2,5-7H2,11H3. The molecule has 0 unspecified atom stereocenters. The van der Waals surface area contributed by atoms with Crippen molar-refractivity contribution in [2.24, 2.45) is 0 Å². The van der Waals surface area contributed by atoms with E-state index in [0.717, 1.165) is 23.5 Å². The fraction of sp³-hybridized carbons (Fsp3) is 0.500. The number of rotatable bonds is 7. The quantitative estimate of drug-likeness (QED) is 0.315. The Hall–Kier alpha value is -0.383. The van der Waals surface area contributed by atoms with Crippen LogP contribution in [0.15, 0.2) is 25.3 Å². The summed E-state index contributed by atoms with van der Waals surface area (Å²) in [5.41, 5.74) is 0. The summed E-state index contributed by atoms with van der Waals surface area (Å²) in [6.45, 7) is 8.73. The minimum atomic E-state index is -0.0101. The molecule has 0 radical (unpaired) electrons. The maximum absolute atomic E-state index is 5.34. The molecule has 0 aliphatic carbocycles. The van der Waals surface area contributed by atoms with Crippen LogP contribution in [0.4, 0.5) is 0 Å². The van der Waals surface area contributed by atoms with Crippen LogP contribution in [0.25, 0.3) is 0 Å². The van der Waals surface area contributed by atoms with Gasteiger partial charge in [-0.15, -0.1) is 13.2 Å². The maximum atomic E-state index is 5.34. The monoisotopic (exact) mass is 172 g/mol. The van der Waals surface area contributed by atoms with Crippen LogP contribution in [0.3, 0.4) is 0 Å². The smallest absolute Gasteiger partial charge is 0.145 e. The van der Waals surface area contributed by atoms with E-state index in [2.05, 4.69) is 13.2 Å². The first-order valence-corrected chi connectivity index (χ1v) is 4.52. The van der Waals surface area contributed by atoms with E-state index in [9.17, 15) is 0 Å². The van der Waals surface area contributed by atoms with Gasteiger partial charge in [0, 0.05) is 13.2 Å². The second-order valence-corrected chi connectivity index (χ2v) is 2.73. The molecule has 11 heavy (non-hydrogen) atoms. The number of hydrogen-bond acceptors (Lipinski definition) is 2. The first-order valence-electron chi connectivity index (χ1n) is 3.70. The van der Waals surface area contributed by atoms with Crippen LogP contribution in [0.1, 0.15) is 6.42 Å². The predicted octanol–water partition coefficient (Wildman–Crippen LogP) is 0.431. The molecule has 0 aromatic carbocycles. The largest absolute Gasteiger partial charge is 0.428 e. The van der Waals surface area contributed by atoms with E-state index in [1.807, 2.05) is 0 Å². The van der Waals surface area contributed by atoms with E-state index in [1.54, 1.807) is 12.2 Å². The lowest BCUT2D eigenvalue weighted by Gasteiger charge is -2.08. The fourth-order valence-electron chi connectivity index (χ4n) is 0.655. The average Bonchev–Trinajstić information content (AvgIpc) is 2.05. The molecule has 0 amide bonds. The molecule has 0 atom stereocenters. The first-order chi connectivity index (χ1) is 5.35. The highest BCUT2D eigenvalue weighted by atomic mass is 28.2. The number of hydrogen-bond donors (Lipinski definition) is 0. The van der Waals surface area contributed by atoms with Gasteiger partial charge < -0.3 is 9.16 Å². The summed E-state index contributed by atoms with van der Waals surface area (Å²) in [6.07, 6.45) is 4.40. The minimum Gasteiger partial charge on any atom is -0.428 e. The molecule has 0 fully saturated rings. The van der Waals surface area contributed by atoms with Gasteiger partial charge in [0.2, 0.25) is 0 Å². The van der Waals surface area contributed by atoms with Crippen molar-refractivity contribution in [2.75, 3.05) is 13.2 Å². The topological polar surface area (TPSA) is 18.5 Å². The van der Waals surface area contributed by atoms with Crippen LogP contribution < -0.4 is 0 Å². The van der Waals surface area contributed by atoms with Gasteiger partial charge in [-0.25, -0.2) is 0 Å². The van der Waals surface area contributed by atoms with E-state index in [-0.39, 0.29) is 6.10 Å². The van der Waals surface area contributed by atoms with Crippen LogP contribution in [0.2, 0.25) is 0 Å². The summed E-state index contributed by atoms with van der Waals surface area (Å²) in [7, 11) is 0.808. The SMILES string of the molecule is C=CC(C=C)OCCCO[SiH3]. The molecule has 0 saturated heterocycles. The van der Waals surface area contributed by atoms with Crippen molar-refractivity contribution in [3.05, 3.63) is 25.3 Å². The van der Waals surface area contributed by atoms with Crippen LogP contribution in [-0.2, 0) is 9.16 Å². The Morgan fingerprint density at radius 3 is 2.36 bits per heavy atom. The highest BCUT2D eigenvalue weighted by Gasteiger charge is 1.95. The van der Waals surface area contributed by atoms with Gasteiger partial charge in [0.1, 0.15) is 10.5 Å². The highest BCUT2D eigenvalue weighted by Crippen LogP contribution is 1.95. The number of ether oxygens (including phenoxy) is 1. The molecular formula is C8H16O2Si. The third-order valence-corrected chi connectivity index (χ3v) is 1.68. The van der Waals surface area contributed by atoms with Crippen LogP contribution in [-0.4, -0.2) is 29.8 Å². The van der Waals surface area contributed by atoms with Gasteiger partial charge in [-0.1, -0.05) is 12.2 Å². The first kappa shape index (κ1) is 10.6. The van der Waals surface area contributed by atoms with Gasteiger partial charge >= 0.3 is 0 Å². The van der Waals surface area contributed by atoms with Gasteiger partial charge in [-0.3, -0.25) is 0 Å². The van der Waals surface area contributed by atoms with Gasteiger partial charge in [-0.2, -0.15) is 0 Å². The van der Waals surface area contributed by atoms with Gasteiger partial charge in [-0.05, 0) is 6.42 Å². The third-order valence-electron chi connectivity index (χ3n) is 1.27. The van der Waals surface area contributed by atoms with Crippen molar-refractivity contribution in [3.63, 3.8) is 0 Å². The van der Waals surface area contributed by atoms with E-state index in [1.165, 1.54) is 0 Å².